The predicted molar refractivity (Wildman–Crippen MR) is 160 cm³/mol. The second kappa shape index (κ2) is 27.1. The molecule has 0 aliphatic heterocycles. The van der Waals surface area contributed by atoms with Gasteiger partial charge in [-0.25, -0.2) is 0 Å². The molecule has 0 saturated carbocycles. The molecule has 0 aromatic heterocycles. The van der Waals surface area contributed by atoms with Crippen molar-refractivity contribution >= 4 is 35.8 Å². The first-order chi connectivity index (χ1) is 21.0. The quantitative estimate of drug-likeness (QED) is 0.0542. The van der Waals surface area contributed by atoms with Crippen LogP contribution in [0.25, 0.3) is 0 Å². The van der Waals surface area contributed by atoms with Crippen LogP contribution < -0.4 is 0 Å². The van der Waals surface area contributed by atoms with Crippen molar-refractivity contribution in [2.45, 2.75) is 130 Å². The summed E-state index contributed by atoms with van der Waals surface area (Å²) in [6.45, 7) is 4.42. The van der Waals surface area contributed by atoms with E-state index in [0.717, 1.165) is 64.2 Å². The van der Waals surface area contributed by atoms with Crippen LogP contribution >= 0.6 is 0 Å². The molecule has 0 saturated heterocycles. The molecule has 0 heterocycles. The van der Waals surface area contributed by atoms with E-state index in [2.05, 4.69) is 12.2 Å². The summed E-state index contributed by atoms with van der Waals surface area (Å²) in [4.78, 5) is 68.1. The van der Waals surface area contributed by atoms with Crippen LogP contribution in [0.1, 0.15) is 118 Å². The minimum Gasteiger partial charge on any atom is -0.462 e. The average molecular weight is 629 g/mol. The van der Waals surface area contributed by atoms with Crippen LogP contribution in [0.15, 0.2) is 12.2 Å². The number of allylic oxidation sites excluding steroid dienone is 2. The molecule has 252 valence electrons. The molecule has 0 amide bonds. The van der Waals surface area contributed by atoms with E-state index >= 15 is 0 Å². The molecule has 0 aromatic carbocycles. The van der Waals surface area contributed by atoms with Crippen molar-refractivity contribution in [1.82, 2.24) is 0 Å². The zero-order valence-corrected chi connectivity index (χ0v) is 26.9. The van der Waals surface area contributed by atoms with Gasteiger partial charge in [0.05, 0.1) is 0 Å². The number of carbonyl (C=O) groups excluding carboxylic acids is 6. The van der Waals surface area contributed by atoms with Crippen molar-refractivity contribution in [3.8, 4) is 0 Å². The van der Waals surface area contributed by atoms with Gasteiger partial charge in [-0.1, -0.05) is 50.7 Å². The van der Waals surface area contributed by atoms with Crippen molar-refractivity contribution in [3.63, 3.8) is 0 Å². The maximum atomic E-state index is 12.1. The first-order valence-electron chi connectivity index (χ1n) is 15.6. The predicted octanol–water partition coefficient (Wildman–Crippen LogP) is 5.08. The van der Waals surface area contributed by atoms with Crippen molar-refractivity contribution in [3.05, 3.63) is 12.2 Å². The third-order valence-corrected chi connectivity index (χ3v) is 6.16. The minimum atomic E-state index is -0.806. The molecule has 0 aliphatic carbocycles. The fourth-order valence-corrected chi connectivity index (χ4v) is 3.92. The van der Waals surface area contributed by atoms with Crippen LogP contribution in [0.2, 0.25) is 0 Å². The third-order valence-electron chi connectivity index (χ3n) is 6.16. The lowest BCUT2D eigenvalue weighted by atomic mass is 10.1. The van der Waals surface area contributed by atoms with Gasteiger partial charge in [-0.05, 0) is 38.5 Å². The average Bonchev–Trinajstić information content (AvgIpc) is 2.95. The summed E-state index contributed by atoms with van der Waals surface area (Å²) in [6.07, 6.45) is 15.0. The van der Waals surface area contributed by atoms with Crippen LogP contribution in [0.3, 0.4) is 0 Å². The Bertz CT molecular complexity index is 776. The zero-order valence-electron chi connectivity index (χ0n) is 26.9. The number of unbranched alkanes of at least 4 members (excludes halogenated alkanes) is 10. The van der Waals surface area contributed by atoms with E-state index in [9.17, 15) is 28.8 Å². The number of hydrogen-bond donors (Lipinski definition) is 0. The Morgan fingerprint density at radius 1 is 0.432 bits per heavy atom. The number of ether oxygens (including phenoxy) is 6. The van der Waals surface area contributed by atoms with Crippen molar-refractivity contribution < 1.29 is 57.2 Å². The lowest BCUT2D eigenvalue weighted by molar-refractivity contribution is -0.165. The van der Waals surface area contributed by atoms with Gasteiger partial charge in [0, 0.05) is 40.5 Å². The monoisotopic (exact) mass is 628 g/mol. The minimum absolute atomic E-state index is 0.148. The molecular formula is C32H52O12. The number of hydrogen-bond acceptors (Lipinski definition) is 12. The highest BCUT2D eigenvalue weighted by molar-refractivity contribution is 5.70. The van der Waals surface area contributed by atoms with E-state index in [1.54, 1.807) is 0 Å². The zero-order chi connectivity index (χ0) is 33.0. The summed E-state index contributed by atoms with van der Waals surface area (Å²) in [6, 6.07) is 0. The molecule has 0 unspecified atom stereocenters. The molecule has 0 atom stereocenters. The van der Waals surface area contributed by atoms with E-state index in [1.807, 2.05) is 0 Å². The highest BCUT2D eigenvalue weighted by Gasteiger charge is 2.19. The summed E-state index contributed by atoms with van der Waals surface area (Å²) in [5, 5.41) is 0. The highest BCUT2D eigenvalue weighted by atomic mass is 16.6. The van der Waals surface area contributed by atoms with Crippen LogP contribution in [-0.4, -0.2) is 74.5 Å². The van der Waals surface area contributed by atoms with Crippen LogP contribution in [0.4, 0.5) is 0 Å². The fourth-order valence-electron chi connectivity index (χ4n) is 3.92. The molecule has 0 radical (unpaired) electrons. The maximum absolute atomic E-state index is 12.1. The van der Waals surface area contributed by atoms with E-state index < -0.39 is 48.0 Å². The number of esters is 6. The van der Waals surface area contributed by atoms with E-state index in [1.165, 1.54) is 27.7 Å². The molecule has 0 aromatic rings. The van der Waals surface area contributed by atoms with Crippen molar-refractivity contribution in [2.75, 3.05) is 26.4 Å². The van der Waals surface area contributed by atoms with Crippen molar-refractivity contribution in [1.29, 1.82) is 0 Å². The fraction of sp³-hybridized carbons (Fsp3) is 0.750. The Balaban J connectivity index is 3.77. The first kappa shape index (κ1) is 40.6. The van der Waals surface area contributed by atoms with Gasteiger partial charge in [0.15, 0.2) is 12.2 Å². The summed E-state index contributed by atoms with van der Waals surface area (Å²) in [5.41, 5.74) is 0. The molecule has 0 bridgehead atoms. The topological polar surface area (TPSA) is 158 Å². The molecule has 0 aliphatic rings. The maximum Gasteiger partial charge on any atom is 0.306 e. The number of rotatable bonds is 26. The smallest absolute Gasteiger partial charge is 0.306 e. The van der Waals surface area contributed by atoms with Crippen molar-refractivity contribution in [2.24, 2.45) is 0 Å². The molecule has 44 heavy (non-hydrogen) atoms. The second-order valence-corrected chi connectivity index (χ2v) is 10.5. The van der Waals surface area contributed by atoms with Gasteiger partial charge >= 0.3 is 35.8 Å². The SMILES string of the molecule is CC(=O)OCC(COC(C)=O)OC(=O)CCCCCCC/C=C\CCCCCCCC(=O)OC(COC(C)=O)COC(C)=O. The Kier molecular flexibility index (Phi) is 25.0. The molecule has 12 nitrogen and oxygen atoms in total. The Hall–Kier alpha value is -3.44. The van der Waals surface area contributed by atoms with E-state index in [4.69, 9.17) is 28.4 Å². The number of carbonyl (C=O) groups is 6. The van der Waals surface area contributed by atoms with Gasteiger partial charge < -0.3 is 28.4 Å². The lowest BCUT2D eigenvalue weighted by Gasteiger charge is -2.17. The molecular weight excluding hydrogens is 576 g/mol. The van der Waals surface area contributed by atoms with Crippen LogP contribution in [-0.2, 0) is 57.2 Å². The molecule has 12 heteroatoms. The molecule has 0 fully saturated rings. The highest BCUT2D eigenvalue weighted by Crippen LogP contribution is 2.12. The molecule has 0 N–H and O–H groups in total. The van der Waals surface area contributed by atoms with Crippen LogP contribution in [0, 0.1) is 0 Å². The standard InChI is InChI=1S/C32H52O12/c1-25(33)39-21-29(22-40-26(2)34)43-31(37)19-17-15-13-11-9-7-5-6-8-10-12-14-16-18-20-32(38)44-30(23-41-27(3)35)24-42-28(4)36/h5-6,29-30H,7-24H2,1-4H3/b6-5-. The van der Waals surface area contributed by atoms with Gasteiger partial charge in [-0.2, -0.15) is 0 Å². The summed E-state index contributed by atoms with van der Waals surface area (Å²) in [5.74, 6) is -2.81. The molecule has 0 spiro atoms. The van der Waals surface area contributed by atoms with E-state index in [-0.39, 0.29) is 39.3 Å². The summed E-state index contributed by atoms with van der Waals surface area (Å²) in [7, 11) is 0. The Labute approximate surface area is 261 Å². The Morgan fingerprint density at radius 2 is 0.705 bits per heavy atom. The van der Waals surface area contributed by atoms with Gasteiger partial charge in [-0.15, -0.1) is 0 Å². The van der Waals surface area contributed by atoms with E-state index in [0.29, 0.717) is 12.8 Å². The second-order valence-electron chi connectivity index (χ2n) is 10.5. The third kappa shape index (κ3) is 28.7. The first-order valence-corrected chi connectivity index (χ1v) is 15.6. The van der Waals surface area contributed by atoms with Crippen LogP contribution in [0.5, 0.6) is 0 Å². The van der Waals surface area contributed by atoms with Gasteiger partial charge in [0.2, 0.25) is 0 Å². The summed E-state index contributed by atoms with van der Waals surface area (Å²) < 4.78 is 30.0. The largest absolute Gasteiger partial charge is 0.462 e. The van der Waals surface area contributed by atoms with Gasteiger partial charge in [0.1, 0.15) is 26.4 Å². The lowest BCUT2D eigenvalue weighted by Crippen LogP contribution is -2.30. The Morgan fingerprint density at radius 3 is 1.00 bits per heavy atom. The normalized spacial score (nSPS) is 11.0. The summed E-state index contributed by atoms with van der Waals surface area (Å²) >= 11 is 0. The van der Waals surface area contributed by atoms with Gasteiger partial charge in [0.25, 0.3) is 0 Å². The molecule has 0 rings (SSSR count). The van der Waals surface area contributed by atoms with Gasteiger partial charge in [-0.3, -0.25) is 28.8 Å².